The molecule has 0 aliphatic carbocycles. The molecule has 0 saturated carbocycles. The Balaban J connectivity index is 2.22. The van der Waals surface area contributed by atoms with Gasteiger partial charge in [0.1, 0.15) is 4.88 Å². The van der Waals surface area contributed by atoms with Crippen LogP contribution < -0.4 is 0 Å². The van der Waals surface area contributed by atoms with Crippen LogP contribution in [0.25, 0.3) is 12.2 Å². The summed E-state index contributed by atoms with van der Waals surface area (Å²) in [5.41, 5.74) is 0.256. The molecule has 2 aromatic heterocycles. The summed E-state index contributed by atoms with van der Waals surface area (Å²) < 4.78 is 0. The molecule has 0 fully saturated rings. The summed E-state index contributed by atoms with van der Waals surface area (Å²) in [6, 6.07) is 4.77. The zero-order chi connectivity index (χ0) is 13.1. The van der Waals surface area contributed by atoms with E-state index in [2.05, 4.69) is 0 Å². The first kappa shape index (κ1) is 12.5. The van der Waals surface area contributed by atoms with E-state index >= 15 is 0 Å². The lowest BCUT2D eigenvalue weighted by Crippen LogP contribution is -1.94. The fourth-order valence-corrected chi connectivity index (χ4v) is 2.87. The predicted octanol–water partition coefficient (Wildman–Crippen LogP) is 3.38. The van der Waals surface area contributed by atoms with Crippen LogP contribution >= 0.6 is 22.7 Å². The Hall–Kier alpha value is -1.92. The smallest absolute Gasteiger partial charge is 0.345 e. The first-order valence-corrected chi connectivity index (χ1v) is 6.59. The van der Waals surface area contributed by atoms with Crippen molar-refractivity contribution in [1.82, 2.24) is 0 Å². The highest BCUT2D eigenvalue weighted by Gasteiger charge is 2.09. The van der Waals surface area contributed by atoms with E-state index in [0.717, 1.165) is 16.2 Å². The summed E-state index contributed by atoms with van der Waals surface area (Å²) >= 11 is 2.48. The lowest BCUT2D eigenvalue weighted by Gasteiger charge is -1.91. The minimum atomic E-state index is -0.965. The predicted molar refractivity (Wildman–Crippen MR) is 71.5 cm³/mol. The van der Waals surface area contributed by atoms with Crippen molar-refractivity contribution in [3.05, 3.63) is 43.8 Å². The van der Waals surface area contributed by atoms with Crippen LogP contribution in [0.5, 0.6) is 0 Å². The first-order valence-electron chi connectivity index (χ1n) is 4.90. The Bertz CT molecular complexity index is 622. The molecule has 2 heterocycles. The maximum absolute atomic E-state index is 10.9. The molecule has 0 radical (unpaired) electrons. The topological polar surface area (TPSA) is 74.6 Å². The molecule has 0 spiro atoms. The summed E-state index contributed by atoms with van der Waals surface area (Å²) in [5.74, 6) is -1.92. The molecular weight excluding hydrogens is 272 g/mol. The van der Waals surface area contributed by atoms with Gasteiger partial charge in [-0.3, -0.25) is 0 Å². The van der Waals surface area contributed by atoms with Crippen molar-refractivity contribution in [2.45, 2.75) is 0 Å². The summed E-state index contributed by atoms with van der Waals surface area (Å²) in [5, 5.41) is 19.4. The second-order valence-electron chi connectivity index (χ2n) is 3.34. The summed E-state index contributed by atoms with van der Waals surface area (Å²) in [6.07, 6.45) is 3.40. The van der Waals surface area contributed by atoms with Crippen LogP contribution in [-0.2, 0) is 0 Å². The zero-order valence-corrected chi connectivity index (χ0v) is 10.6. The molecule has 0 aliphatic heterocycles. The van der Waals surface area contributed by atoms with Gasteiger partial charge in [0.25, 0.3) is 0 Å². The van der Waals surface area contributed by atoms with E-state index in [1.54, 1.807) is 29.7 Å². The van der Waals surface area contributed by atoms with E-state index < -0.39 is 11.9 Å². The van der Waals surface area contributed by atoms with Gasteiger partial charge in [0, 0.05) is 9.75 Å². The van der Waals surface area contributed by atoms with Gasteiger partial charge in [0.05, 0.1) is 5.56 Å². The molecule has 0 aliphatic rings. The Kier molecular flexibility index (Phi) is 3.59. The molecule has 0 atom stereocenters. The van der Waals surface area contributed by atoms with Crippen LogP contribution in [-0.4, -0.2) is 22.2 Å². The lowest BCUT2D eigenvalue weighted by atomic mass is 10.2. The number of hydrogen-bond acceptors (Lipinski definition) is 4. The third-order valence-electron chi connectivity index (χ3n) is 2.16. The van der Waals surface area contributed by atoms with Crippen LogP contribution in [0.2, 0.25) is 0 Å². The molecular formula is C12H8O4S2. The van der Waals surface area contributed by atoms with E-state index in [1.165, 1.54) is 17.4 Å². The van der Waals surface area contributed by atoms with Crippen molar-refractivity contribution in [3.63, 3.8) is 0 Å². The number of thiophene rings is 2. The Labute approximate surface area is 110 Å². The Morgan fingerprint density at radius 2 is 1.83 bits per heavy atom. The SMILES string of the molecule is O=C(O)c1ccc(/C=C\c2sccc2C(=O)O)s1. The average Bonchev–Trinajstić information content (AvgIpc) is 2.95. The molecule has 0 unspecified atom stereocenters. The molecule has 0 amide bonds. The molecule has 2 aromatic rings. The molecule has 4 nitrogen and oxygen atoms in total. The number of rotatable bonds is 4. The monoisotopic (exact) mass is 280 g/mol. The van der Waals surface area contributed by atoms with Gasteiger partial charge in [-0.15, -0.1) is 22.7 Å². The van der Waals surface area contributed by atoms with Crippen molar-refractivity contribution in [2.75, 3.05) is 0 Å². The van der Waals surface area contributed by atoms with Gasteiger partial charge in [-0.1, -0.05) is 0 Å². The summed E-state index contributed by atoms with van der Waals surface area (Å²) in [6.45, 7) is 0. The third kappa shape index (κ3) is 2.66. The van der Waals surface area contributed by atoms with E-state index in [1.807, 2.05) is 0 Å². The van der Waals surface area contributed by atoms with Crippen molar-refractivity contribution < 1.29 is 19.8 Å². The van der Waals surface area contributed by atoms with Gasteiger partial charge < -0.3 is 10.2 Å². The highest BCUT2D eigenvalue weighted by Crippen LogP contribution is 2.23. The normalized spacial score (nSPS) is 10.9. The zero-order valence-electron chi connectivity index (χ0n) is 8.99. The van der Waals surface area contributed by atoms with Gasteiger partial charge in [-0.25, -0.2) is 9.59 Å². The minimum Gasteiger partial charge on any atom is -0.478 e. The minimum absolute atomic E-state index is 0.256. The molecule has 2 rings (SSSR count). The molecule has 18 heavy (non-hydrogen) atoms. The third-order valence-corrected chi connectivity index (χ3v) is 4.08. The van der Waals surface area contributed by atoms with Gasteiger partial charge >= 0.3 is 11.9 Å². The standard InChI is InChI=1S/C12H8O4S2/c13-11(14)8-5-6-17-9(8)3-1-7-2-4-10(18-7)12(15)16/h1-6H,(H,13,14)(H,15,16)/b3-1-. The van der Waals surface area contributed by atoms with Crippen molar-refractivity contribution >= 4 is 46.8 Å². The van der Waals surface area contributed by atoms with Crippen LogP contribution in [0.1, 0.15) is 29.8 Å². The summed E-state index contributed by atoms with van der Waals surface area (Å²) in [7, 11) is 0. The van der Waals surface area contributed by atoms with Gasteiger partial charge in [-0.05, 0) is 35.7 Å². The molecule has 0 bridgehead atoms. The van der Waals surface area contributed by atoms with Gasteiger partial charge in [0.2, 0.25) is 0 Å². The lowest BCUT2D eigenvalue weighted by molar-refractivity contribution is 0.0688. The van der Waals surface area contributed by atoms with E-state index in [0.29, 0.717) is 4.88 Å². The number of hydrogen-bond donors (Lipinski definition) is 2. The fourth-order valence-electron chi connectivity index (χ4n) is 1.34. The average molecular weight is 280 g/mol. The van der Waals surface area contributed by atoms with Gasteiger partial charge in [-0.2, -0.15) is 0 Å². The fraction of sp³-hybridized carbons (Fsp3) is 0. The molecule has 92 valence electrons. The maximum atomic E-state index is 10.9. The summed E-state index contributed by atoms with van der Waals surface area (Å²) in [4.78, 5) is 23.3. The largest absolute Gasteiger partial charge is 0.478 e. The number of carboxylic acid groups (broad SMARTS) is 2. The van der Waals surface area contributed by atoms with Crippen LogP contribution in [0, 0.1) is 0 Å². The maximum Gasteiger partial charge on any atom is 0.345 e. The molecule has 0 aromatic carbocycles. The second-order valence-corrected chi connectivity index (χ2v) is 5.41. The number of carbonyl (C=O) groups is 2. The Morgan fingerprint density at radius 1 is 1.06 bits per heavy atom. The first-order chi connectivity index (χ1) is 8.58. The van der Waals surface area contributed by atoms with E-state index in [-0.39, 0.29) is 10.4 Å². The van der Waals surface area contributed by atoms with Crippen molar-refractivity contribution in [3.8, 4) is 0 Å². The van der Waals surface area contributed by atoms with Crippen molar-refractivity contribution in [2.24, 2.45) is 0 Å². The molecule has 2 N–H and O–H groups in total. The van der Waals surface area contributed by atoms with Crippen LogP contribution in [0.4, 0.5) is 0 Å². The number of aromatic carboxylic acids is 2. The quantitative estimate of drug-likeness (QED) is 0.900. The van der Waals surface area contributed by atoms with Gasteiger partial charge in [0.15, 0.2) is 0 Å². The van der Waals surface area contributed by atoms with Crippen LogP contribution in [0.3, 0.4) is 0 Å². The molecule has 0 saturated heterocycles. The van der Waals surface area contributed by atoms with E-state index in [4.69, 9.17) is 10.2 Å². The van der Waals surface area contributed by atoms with Crippen molar-refractivity contribution in [1.29, 1.82) is 0 Å². The number of carboxylic acids is 2. The second kappa shape index (κ2) is 5.16. The highest BCUT2D eigenvalue weighted by molar-refractivity contribution is 7.15. The Morgan fingerprint density at radius 3 is 2.44 bits per heavy atom. The van der Waals surface area contributed by atoms with E-state index in [9.17, 15) is 9.59 Å². The van der Waals surface area contributed by atoms with Crippen LogP contribution in [0.15, 0.2) is 23.6 Å². The highest BCUT2D eigenvalue weighted by atomic mass is 32.1. The molecule has 6 heteroatoms.